The van der Waals surface area contributed by atoms with Crippen LogP contribution in [0.4, 0.5) is 0 Å². The average Bonchev–Trinajstić information content (AvgIpc) is 2.44. The van der Waals surface area contributed by atoms with Gasteiger partial charge in [-0.1, -0.05) is 51.9 Å². The summed E-state index contributed by atoms with van der Waals surface area (Å²) in [5.74, 6) is 6.09. The van der Waals surface area contributed by atoms with Gasteiger partial charge in [-0.15, -0.1) is 0 Å². The number of ether oxygens (including phenoxy) is 1. The third kappa shape index (κ3) is 12.2. The molecule has 0 aromatic rings. The van der Waals surface area contributed by atoms with Crippen molar-refractivity contribution in [1.82, 2.24) is 10.7 Å². The van der Waals surface area contributed by atoms with Gasteiger partial charge in [-0.2, -0.15) is 0 Å². The molecule has 120 valence electrons. The Morgan fingerprint density at radius 2 is 1.70 bits per heavy atom. The fourth-order valence-electron chi connectivity index (χ4n) is 2.09. The second-order valence-corrected chi connectivity index (χ2v) is 5.35. The first-order valence-corrected chi connectivity index (χ1v) is 8.01. The van der Waals surface area contributed by atoms with Gasteiger partial charge >= 0.3 is 0 Å². The maximum atomic E-state index is 5.44. The zero-order valence-corrected chi connectivity index (χ0v) is 13.6. The Balaban J connectivity index is 3.54. The number of nitrogens with two attached hydrogens (primary N) is 1. The van der Waals surface area contributed by atoms with Crippen molar-refractivity contribution >= 4 is 5.96 Å². The number of rotatable bonds is 12. The molecule has 0 rings (SSSR count). The molecule has 0 saturated heterocycles. The van der Waals surface area contributed by atoms with E-state index in [1.54, 1.807) is 7.11 Å². The molecule has 0 radical (unpaired) electrons. The van der Waals surface area contributed by atoms with Gasteiger partial charge < -0.3 is 10.1 Å². The molecular weight excluding hydrogens is 252 g/mol. The van der Waals surface area contributed by atoms with Gasteiger partial charge in [-0.05, 0) is 13.3 Å². The molecule has 0 spiro atoms. The van der Waals surface area contributed by atoms with Gasteiger partial charge in [0.1, 0.15) is 0 Å². The summed E-state index contributed by atoms with van der Waals surface area (Å²) < 4.78 is 5.06. The molecule has 0 aliphatic rings. The van der Waals surface area contributed by atoms with E-state index in [2.05, 4.69) is 22.7 Å². The zero-order chi connectivity index (χ0) is 15.1. The molecule has 5 nitrogen and oxygen atoms in total. The zero-order valence-electron chi connectivity index (χ0n) is 13.6. The lowest BCUT2D eigenvalue weighted by Gasteiger charge is -2.15. The summed E-state index contributed by atoms with van der Waals surface area (Å²) in [5.41, 5.74) is 2.60. The van der Waals surface area contributed by atoms with E-state index < -0.39 is 0 Å². The molecule has 0 bridgehead atoms. The molecule has 1 unspecified atom stereocenters. The van der Waals surface area contributed by atoms with Crippen molar-refractivity contribution in [1.29, 1.82) is 0 Å². The Hall–Kier alpha value is -0.810. The molecule has 0 aromatic carbocycles. The second-order valence-electron chi connectivity index (χ2n) is 5.35. The lowest BCUT2D eigenvalue weighted by Crippen LogP contribution is -2.46. The summed E-state index contributed by atoms with van der Waals surface area (Å²) in [6, 6.07) is 0.202. The molecule has 0 heterocycles. The van der Waals surface area contributed by atoms with Crippen molar-refractivity contribution in [3.05, 3.63) is 0 Å². The second kappa shape index (κ2) is 14.6. The highest BCUT2D eigenvalue weighted by Crippen LogP contribution is 2.08. The van der Waals surface area contributed by atoms with Gasteiger partial charge in [0.25, 0.3) is 0 Å². The summed E-state index contributed by atoms with van der Waals surface area (Å²) in [6.07, 6.45) is 10.5. The van der Waals surface area contributed by atoms with Gasteiger partial charge in [0, 0.05) is 19.7 Å². The van der Waals surface area contributed by atoms with Crippen molar-refractivity contribution in [2.45, 2.75) is 71.3 Å². The monoisotopic (exact) mass is 286 g/mol. The van der Waals surface area contributed by atoms with Crippen LogP contribution in [0.1, 0.15) is 65.2 Å². The van der Waals surface area contributed by atoms with E-state index in [1.807, 2.05) is 6.92 Å². The van der Waals surface area contributed by atoms with E-state index >= 15 is 0 Å². The number of unbranched alkanes of at least 4 members (excludes halogenated alkanes) is 7. The third-order valence-corrected chi connectivity index (χ3v) is 3.22. The number of hydrazine groups is 1. The molecule has 0 amide bonds. The first-order valence-electron chi connectivity index (χ1n) is 8.01. The van der Waals surface area contributed by atoms with Gasteiger partial charge in [0.15, 0.2) is 0 Å². The van der Waals surface area contributed by atoms with Crippen LogP contribution in [0.25, 0.3) is 0 Å². The smallest absolute Gasteiger partial charge is 0.206 e. The summed E-state index contributed by atoms with van der Waals surface area (Å²) >= 11 is 0. The van der Waals surface area contributed by atoms with E-state index in [1.165, 1.54) is 44.9 Å². The van der Waals surface area contributed by atoms with Crippen LogP contribution in [0.5, 0.6) is 0 Å². The predicted molar refractivity (Wildman–Crippen MR) is 86.7 cm³/mol. The van der Waals surface area contributed by atoms with Crippen LogP contribution in [-0.2, 0) is 4.74 Å². The molecule has 20 heavy (non-hydrogen) atoms. The van der Waals surface area contributed by atoms with Crippen molar-refractivity contribution in [3.63, 3.8) is 0 Å². The first kappa shape index (κ1) is 19.2. The Morgan fingerprint density at radius 1 is 1.10 bits per heavy atom. The van der Waals surface area contributed by atoms with Crippen molar-refractivity contribution in [2.24, 2.45) is 10.8 Å². The number of nitrogens with zero attached hydrogens (tertiary/aromatic N) is 1. The number of nitrogens with one attached hydrogen (secondary N) is 2. The Morgan fingerprint density at radius 3 is 2.25 bits per heavy atom. The standard InChI is InChI=1S/C15H34N4O/c1-4-5-6-7-8-9-10-11-12-17-15(19-16)18-14(2)13-20-3/h14H,4-13,16H2,1-3H3,(H2,17,18,19). The summed E-state index contributed by atoms with van der Waals surface area (Å²) in [5, 5.41) is 3.18. The van der Waals surface area contributed by atoms with E-state index in [0.29, 0.717) is 12.6 Å². The lowest BCUT2D eigenvalue weighted by molar-refractivity contribution is 0.179. The van der Waals surface area contributed by atoms with Crippen LogP contribution >= 0.6 is 0 Å². The highest BCUT2D eigenvalue weighted by molar-refractivity contribution is 5.79. The average molecular weight is 286 g/mol. The van der Waals surface area contributed by atoms with Crippen LogP contribution in [-0.4, -0.2) is 32.3 Å². The molecular formula is C15H34N4O. The number of hydrogen-bond donors (Lipinski definition) is 3. The minimum Gasteiger partial charge on any atom is -0.383 e. The van der Waals surface area contributed by atoms with E-state index in [4.69, 9.17) is 10.6 Å². The fourth-order valence-corrected chi connectivity index (χ4v) is 2.09. The van der Waals surface area contributed by atoms with Crippen LogP contribution < -0.4 is 16.6 Å². The van der Waals surface area contributed by atoms with E-state index in [0.717, 1.165) is 13.0 Å². The molecule has 0 saturated carbocycles. The van der Waals surface area contributed by atoms with E-state index in [-0.39, 0.29) is 6.04 Å². The molecule has 0 aromatic heterocycles. The van der Waals surface area contributed by atoms with Crippen molar-refractivity contribution in [2.75, 3.05) is 20.3 Å². The quantitative estimate of drug-likeness (QED) is 0.169. The Kier molecular flexibility index (Phi) is 14.0. The Bertz CT molecular complexity index is 234. The fraction of sp³-hybridized carbons (Fsp3) is 0.933. The molecule has 1 atom stereocenters. The number of aliphatic imine (C=N–C) groups is 1. The lowest BCUT2D eigenvalue weighted by atomic mass is 10.1. The van der Waals surface area contributed by atoms with Crippen molar-refractivity contribution in [3.8, 4) is 0 Å². The number of guanidine groups is 1. The first-order chi connectivity index (χ1) is 9.74. The topological polar surface area (TPSA) is 71.7 Å². The highest BCUT2D eigenvalue weighted by Gasteiger charge is 2.03. The maximum absolute atomic E-state index is 5.44. The largest absolute Gasteiger partial charge is 0.383 e. The normalized spacial score (nSPS) is 13.3. The minimum absolute atomic E-state index is 0.202. The van der Waals surface area contributed by atoms with Gasteiger partial charge in [0.2, 0.25) is 5.96 Å². The number of methoxy groups -OCH3 is 1. The SMILES string of the molecule is CCCCCCCCCCN=C(NN)NC(C)COC. The van der Waals surface area contributed by atoms with Crippen LogP contribution in [0.15, 0.2) is 4.99 Å². The number of hydrogen-bond acceptors (Lipinski definition) is 3. The molecule has 0 aliphatic heterocycles. The highest BCUT2D eigenvalue weighted by atomic mass is 16.5. The summed E-state index contributed by atoms with van der Waals surface area (Å²) in [4.78, 5) is 4.43. The molecule has 0 fully saturated rings. The van der Waals surface area contributed by atoms with E-state index in [9.17, 15) is 0 Å². The van der Waals surface area contributed by atoms with Gasteiger partial charge in [-0.25, -0.2) is 5.84 Å². The van der Waals surface area contributed by atoms with Crippen LogP contribution in [0.3, 0.4) is 0 Å². The molecule has 4 N–H and O–H groups in total. The van der Waals surface area contributed by atoms with Gasteiger partial charge in [0.05, 0.1) is 6.61 Å². The molecule has 0 aliphatic carbocycles. The minimum atomic E-state index is 0.202. The molecule has 5 heteroatoms. The van der Waals surface area contributed by atoms with Crippen LogP contribution in [0.2, 0.25) is 0 Å². The van der Waals surface area contributed by atoms with Gasteiger partial charge in [-0.3, -0.25) is 10.4 Å². The predicted octanol–water partition coefficient (Wildman–Crippen LogP) is 2.57. The third-order valence-electron chi connectivity index (χ3n) is 3.22. The Labute approximate surface area is 124 Å². The summed E-state index contributed by atoms with van der Waals surface area (Å²) in [7, 11) is 1.69. The maximum Gasteiger partial charge on any atom is 0.206 e. The summed E-state index contributed by atoms with van der Waals surface area (Å²) in [6.45, 7) is 5.74. The van der Waals surface area contributed by atoms with Crippen LogP contribution in [0, 0.1) is 0 Å². The van der Waals surface area contributed by atoms with Crippen molar-refractivity contribution < 1.29 is 4.74 Å².